The van der Waals surface area contributed by atoms with Crippen LogP contribution in [-0.4, -0.2) is 40.3 Å². The second-order valence-corrected chi connectivity index (χ2v) is 47.6. The van der Waals surface area contributed by atoms with E-state index in [0.717, 1.165) is 92.1 Å². The van der Waals surface area contributed by atoms with Crippen molar-refractivity contribution in [3.8, 4) is 44.9 Å². The van der Waals surface area contributed by atoms with E-state index in [1.807, 2.05) is 157 Å². The summed E-state index contributed by atoms with van der Waals surface area (Å²) in [6.07, 6.45) is 4.95. The van der Waals surface area contributed by atoms with Crippen LogP contribution in [-0.2, 0) is 95.7 Å². The van der Waals surface area contributed by atoms with Crippen molar-refractivity contribution in [1.29, 1.82) is 0 Å². The molecule has 3 N–H and O–H groups in total. The summed E-state index contributed by atoms with van der Waals surface area (Å²) >= 11 is 5.71. The van der Waals surface area contributed by atoms with Crippen molar-refractivity contribution in [1.82, 2.24) is 15.0 Å². The van der Waals surface area contributed by atoms with E-state index in [9.17, 15) is 23.4 Å². The molecule has 14 aromatic rings. The average molecular weight is 2320 g/mol. The number of phenolic OH excluding ortho intramolecular Hbond substituents is 2. The fourth-order valence-corrected chi connectivity index (χ4v) is 23.4. The van der Waals surface area contributed by atoms with Gasteiger partial charge in [0.05, 0.1) is 4.47 Å². The average Bonchev–Trinajstić information content (AvgIpc) is 0.785. The summed E-state index contributed by atoms with van der Waals surface area (Å²) in [5, 5.41) is 29.7. The van der Waals surface area contributed by atoms with E-state index < -0.39 is 65.5 Å². The minimum Gasteiger partial charge on any atom is -0.665 e. The number of nitrogens with zero attached hydrogens (tertiary/aromatic N) is 6. The Kier molecular flexibility index (Phi) is 47.7. The van der Waals surface area contributed by atoms with Gasteiger partial charge in [0.15, 0.2) is 5.60 Å². The van der Waals surface area contributed by atoms with Crippen LogP contribution in [0.5, 0.6) is 11.5 Å². The summed E-state index contributed by atoms with van der Waals surface area (Å²) in [6, 6.07) is 94.4. The summed E-state index contributed by atoms with van der Waals surface area (Å²) in [5.74, 6) is 3.82. The molecule has 0 aliphatic heterocycles. The van der Waals surface area contributed by atoms with Gasteiger partial charge >= 0.3 is 473 Å². The molecule has 2 aliphatic carbocycles. The molecule has 3 heterocycles. The Labute approximate surface area is 902 Å². The van der Waals surface area contributed by atoms with Gasteiger partial charge in [-0.05, 0) is 145 Å². The van der Waals surface area contributed by atoms with E-state index in [2.05, 4.69) is 349 Å². The van der Waals surface area contributed by atoms with Crippen molar-refractivity contribution in [2.24, 2.45) is 10.5 Å². The third-order valence-electron chi connectivity index (χ3n) is 25.4. The number of aromatic nitrogens is 3. The van der Waals surface area contributed by atoms with Crippen LogP contribution in [0.3, 0.4) is 0 Å². The Balaban J connectivity index is 0.000000205. The second-order valence-electron chi connectivity index (χ2n) is 41.3. The van der Waals surface area contributed by atoms with Crippen LogP contribution in [0.1, 0.15) is 312 Å². The van der Waals surface area contributed by atoms with Crippen LogP contribution >= 0.6 is 31.9 Å². The molecule has 766 valence electrons. The van der Waals surface area contributed by atoms with Crippen molar-refractivity contribution >= 4 is 62.1 Å². The fraction of sp³-hybridized carbons (Fsp3) is 0.362. The number of aliphatic hydroxyl groups is 1. The summed E-state index contributed by atoms with van der Waals surface area (Å²) in [7, 11) is 0. The van der Waals surface area contributed by atoms with Gasteiger partial charge in [-0.25, -0.2) is 0 Å². The zero-order chi connectivity index (χ0) is 106. The first-order chi connectivity index (χ1) is 68.0. The first kappa shape index (κ1) is 120. The molecule has 0 amide bonds. The van der Waals surface area contributed by atoms with Gasteiger partial charge in [0.25, 0.3) is 0 Å². The largest absolute Gasteiger partial charge is 0.665 e. The molecule has 9 nitrogen and oxygen atoms in total. The number of para-hydroxylation sites is 1. The van der Waals surface area contributed by atoms with Crippen molar-refractivity contribution in [2.45, 2.75) is 302 Å². The molecule has 0 atom stereocenters. The van der Waals surface area contributed by atoms with Crippen LogP contribution in [0.15, 0.2) is 292 Å². The van der Waals surface area contributed by atoms with Gasteiger partial charge in [0.2, 0.25) is 0 Å². The first-order valence-electron chi connectivity index (χ1n) is 50.5. The number of rotatable bonds is 18. The van der Waals surface area contributed by atoms with Crippen LogP contribution in [0, 0.1) is 48.5 Å². The molecule has 11 aromatic carbocycles. The Morgan fingerprint density at radius 1 is 0.312 bits per heavy atom. The second kappa shape index (κ2) is 57.3. The Morgan fingerprint density at radius 2 is 0.549 bits per heavy atom. The van der Waals surface area contributed by atoms with E-state index in [0.29, 0.717) is 60.9 Å². The number of benzene rings is 11. The number of fused-ring (bicyclic) bond motifs is 2. The third kappa shape index (κ3) is 36.3. The van der Waals surface area contributed by atoms with Crippen molar-refractivity contribution in [3.63, 3.8) is 0 Å². The van der Waals surface area contributed by atoms with Gasteiger partial charge in [0.1, 0.15) is 11.5 Å². The maximum absolute atomic E-state index is 11.3. The van der Waals surface area contributed by atoms with Gasteiger partial charge in [0, 0.05) is 21.2 Å². The molecule has 0 saturated carbocycles. The number of halogens is 5. The molecule has 16 rings (SSSR count). The van der Waals surface area contributed by atoms with Crippen LogP contribution < -0.4 is 15.0 Å². The minimum atomic E-state index is -4.51. The standard InChI is InChI=1S/C21H22Br2O.C18H14O.3C12H17N.3C10H12.3C6H8N.C4H7F3O.3Mo/c1-12-17(22)10-13-6-2-4-8-15(13)19(12)20-16-9-5-3-7-14(16)11-18(23)21(20)24;19-18-16(14-8-3-1-4-9-14)12-7-13-17(18)15-10-5-2-6-11-15;3*1-8(2)10-6-5-7-11(9(3)4)12(10)13;3*1-10(2,3)9-7-5-4-6-8-9;3*1-5-3-4-6(2)7-5;1-3(2,8)4(5,6)7;;;/h10-11,24H,2-9H2,1H3;1-13,19H;3*5-9H,1-4H3;3*1,4-8H,2-3H3;3*3-4H,1-2H3;8H,1-2H3;;;/q;;;;;;;;3*-1;;;;. The molecule has 0 spiro atoms. The minimum absolute atomic E-state index is 0.0811. The molecular formula is C127H154Br2F3Mo3N6O3-3. The zero-order valence-electron chi connectivity index (χ0n) is 90.0. The summed E-state index contributed by atoms with van der Waals surface area (Å²) in [6.45, 7) is 56.4. The molecule has 0 saturated heterocycles. The quantitative estimate of drug-likeness (QED) is 0.0731. The number of alkyl halides is 3. The number of hydrogen-bond donors (Lipinski definition) is 3. The van der Waals surface area contributed by atoms with Gasteiger partial charge in [-0.2, -0.15) is 47.3 Å². The first-order valence-corrected chi connectivity index (χ1v) is 58.2. The van der Waals surface area contributed by atoms with Crippen molar-refractivity contribution in [2.75, 3.05) is 0 Å². The molecule has 3 aromatic heterocycles. The van der Waals surface area contributed by atoms with Crippen molar-refractivity contribution in [3.05, 3.63) is 394 Å². The molecule has 0 bridgehead atoms. The molecule has 0 fully saturated rings. The predicted octanol–water partition coefficient (Wildman–Crippen LogP) is 36.3. The molecule has 2 aliphatic rings. The number of phenols is 2. The predicted molar refractivity (Wildman–Crippen MR) is 603 cm³/mol. The third-order valence-corrected chi connectivity index (χ3v) is 34.1. The SMILES string of the molecule is CC(C)(O)C(F)(F)F.CC(C)c1cccc(C(C)C)c1[N]=[Mo]=[CH]C(C)(C)c1ccccc1.CC(C)c1cccc(C(C)C)c1[N]=[Mo]=[CH]C(C)(C)c1ccccc1.CC(C)c1cccc(C(C)C)c1[N]=[Mo]=[CH]C(C)(C)c1ccccc1.Cc1c(Br)cc2c(c1-c1c(O)c(Br)cc3c1CCCC3)CCCC2.Cc1ccc(C)[n-]1.Cc1ccc(C)[n-]1.Cc1ccc(C)[n-]1.Oc1c(-c2ccccc2)cccc1-c1ccccc1. The zero-order valence-corrected chi connectivity index (χ0v) is 99.2. The Bertz CT molecular complexity index is 5930. The van der Waals surface area contributed by atoms with E-state index in [4.69, 9.17) is 15.6 Å². The summed E-state index contributed by atoms with van der Waals surface area (Å²) < 4.78 is 58.7. The molecule has 0 unspecified atom stereocenters. The van der Waals surface area contributed by atoms with E-state index >= 15 is 0 Å². The van der Waals surface area contributed by atoms with Gasteiger partial charge in [-0.3, -0.25) is 0 Å². The Hall–Kier alpha value is -9.36. The molecule has 17 heteroatoms. The van der Waals surface area contributed by atoms with Crippen molar-refractivity contribution < 1.29 is 82.2 Å². The number of aromatic hydroxyl groups is 2. The van der Waals surface area contributed by atoms with Crippen LogP contribution in [0.25, 0.3) is 33.4 Å². The molecule has 0 radical (unpaired) electrons. The Morgan fingerprint density at radius 3 is 0.792 bits per heavy atom. The summed E-state index contributed by atoms with van der Waals surface area (Å²) in [4.78, 5) is 12.3. The smallest absolute Gasteiger partial charge is 0.137 e. The maximum atomic E-state index is 11.3. The molecule has 144 heavy (non-hydrogen) atoms. The van der Waals surface area contributed by atoms with E-state index in [1.165, 1.54) is 131 Å². The monoisotopic (exact) mass is 2320 g/mol. The van der Waals surface area contributed by atoms with E-state index in [1.54, 1.807) is 0 Å². The topological polar surface area (TPSA) is 140 Å². The van der Waals surface area contributed by atoms with E-state index in [-0.39, 0.29) is 16.2 Å². The van der Waals surface area contributed by atoms with Gasteiger partial charge in [-0.1, -0.05) is 173 Å². The molecular weight excluding hydrogens is 2160 g/mol. The van der Waals surface area contributed by atoms with Gasteiger partial charge in [-0.15, -0.1) is 0 Å². The van der Waals surface area contributed by atoms with Gasteiger partial charge < -0.3 is 30.3 Å². The summed E-state index contributed by atoms with van der Waals surface area (Å²) in [5.41, 5.74) is 33.6. The maximum Gasteiger partial charge on any atom is 0.137 e. The van der Waals surface area contributed by atoms with Crippen LogP contribution in [0.2, 0.25) is 0 Å². The fourth-order valence-electron chi connectivity index (χ4n) is 16.8. The normalized spacial score (nSPS) is 12.1. The number of aryl methyl sites for hydroxylation is 8. The van der Waals surface area contributed by atoms with Crippen LogP contribution in [0.4, 0.5) is 30.2 Å². The number of hydrogen-bond acceptors (Lipinski definition) is 6.